The summed E-state index contributed by atoms with van der Waals surface area (Å²) in [6, 6.07) is 13.6. The van der Waals surface area contributed by atoms with Crippen molar-refractivity contribution < 1.29 is 13.2 Å². The van der Waals surface area contributed by atoms with Crippen LogP contribution in [0, 0.1) is 11.8 Å². The van der Waals surface area contributed by atoms with Gasteiger partial charge in [0.25, 0.3) is 0 Å². The zero-order valence-corrected chi connectivity index (χ0v) is 17.1. The monoisotopic (exact) mass is 401 g/mol. The fraction of sp³-hybridized carbons (Fsp3) is 0.440. The second-order valence-electron chi connectivity index (χ2n) is 7.27. The van der Waals surface area contributed by atoms with Crippen molar-refractivity contribution in [1.29, 1.82) is 0 Å². The molecular formula is C25H30F3N. The van der Waals surface area contributed by atoms with Gasteiger partial charge in [-0.05, 0) is 35.7 Å². The lowest BCUT2D eigenvalue weighted by Crippen LogP contribution is -2.17. The highest BCUT2D eigenvalue weighted by molar-refractivity contribution is 5.36. The summed E-state index contributed by atoms with van der Waals surface area (Å²) < 4.78 is 39.1. The SMILES string of the molecule is CCCCCCCCC#Cc1ccc(CNCc2ccccc2C(F)(F)F)cc1. The Labute approximate surface area is 172 Å². The van der Waals surface area contributed by atoms with Crippen LogP contribution in [0.2, 0.25) is 0 Å². The standard InChI is InChI=1S/C25H30F3N/c1-2-3-4-5-6-7-8-9-12-21-15-17-22(18-16-21)19-29-20-23-13-10-11-14-24(23)25(26,27)28/h10-11,13-18,29H,2-8,19-20H2,1H3. The highest BCUT2D eigenvalue weighted by Gasteiger charge is 2.32. The van der Waals surface area contributed by atoms with Gasteiger partial charge in [0.05, 0.1) is 5.56 Å². The van der Waals surface area contributed by atoms with E-state index in [1.165, 1.54) is 44.2 Å². The summed E-state index contributed by atoms with van der Waals surface area (Å²) >= 11 is 0. The number of benzene rings is 2. The first kappa shape index (κ1) is 23.0. The molecule has 0 radical (unpaired) electrons. The normalized spacial score (nSPS) is 11.2. The summed E-state index contributed by atoms with van der Waals surface area (Å²) in [5.41, 5.74) is 1.68. The van der Waals surface area contributed by atoms with Gasteiger partial charge in [0, 0.05) is 25.1 Å². The van der Waals surface area contributed by atoms with E-state index in [1.54, 1.807) is 6.07 Å². The Morgan fingerprint density at radius 2 is 1.52 bits per heavy atom. The number of hydrogen-bond donors (Lipinski definition) is 1. The molecule has 0 spiro atoms. The molecule has 0 aromatic heterocycles. The lowest BCUT2D eigenvalue weighted by atomic mass is 10.1. The van der Waals surface area contributed by atoms with Crippen molar-refractivity contribution in [2.75, 3.05) is 0 Å². The number of unbranched alkanes of at least 4 members (excludes halogenated alkanes) is 6. The van der Waals surface area contributed by atoms with Gasteiger partial charge in [0.15, 0.2) is 0 Å². The minimum absolute atomic E-state index is 0.176. The van der Waals surface area contributed by atoms with E-state index in [2.05, 4.69) is 24.1 Å². The molecule has 1 N–H and O–H groups in total. The van der Waals surface area contributed by atoms with Gasteiger partial charge in [0.2, 0.25) is 0 Å². The Hall–Kier alpha value is -2.25. The summed E-state index contributed by atoms with van der Waals surface area (Å²) in [6.07, 6.45) is 4.21. The lowest BCUT2D eigenvalue weighted by molar-refractivity contribution is -0.138. The molecule has 0 bridgehead atoms. The van der Waals surface area contributed by atoms with Crippen LogP contribution in [0.25, 0.3) is 0 Å². The maximum absolute atomic E-state index is 13.0. The van der Waals surface area contributed by atoms with Gasteiger partial charge in [-0.15, -0.1) is 0 Å². The van der Waals surface area contributed by atoms with Gasteiger partial charge >= 0.3 is 6.18 Å². The van der Waals surface area contributed by atoms with Crippen molar-refractivity contribution in [2.24, 2.45) is 0 Å². The molecule has 2 aromatic carbocycles. The molecule has 4 heteroatoms. The third-order valence-electron chi connectivity index (χ3n) is 4.81. The molecule has 156 valence electrons. The van der Waals surface area contributed by atoms with Crippen molar-refractivity contribution in [2.45, 2.75) is 71.1 Å². The van der Waals surface area contributed by atoms with Crippen molar-refractivity contribution in [3.05, 3.63) is 70.8 Å². The van der Waals surface area contributed by atoms with Crippen LogP contribution in [-0.4, -0.2) is 0 Å². The van der Waals surface area contributed by atoms with Crippen LogP contribution in [0.5, 0.6) is 0 Å². The molecule has 2 rings (SSSR count). The van der Waals surface area contributed by atoms with E-state index < -0.39 is 11.7 Å². The molecule has 0 fully saturated rings. The van der Waals surface area contributed by atoms with Gasteiger partial charge in [0.1, 0.15) is 0 Å². The van der Waals surface area contributed by atoms with E-state index in [0.717, 1.165) is 30.0 Å². The number of hydrogen-bond acceptors (Lipinski definition) is 1. The zero-order chi connectivity index (χ0) is 21.0. The minimum Gasteiger partial charge on any atom is -0.309 e. The molecule has 1 nitrogen and oxygen atoms in total. The first-order valence-electron chi connectivity index (χ1n) is 10.4. The highest BCUT2D eigenvalue weighted by atomic mass is 19.4. The van der Waals surface area contributed by atoms with Crippen LogP contribution >= 0.6 is 0 Å². The van der Waals surface area contributed by atoms with Gasteiger partial charge in [-0.1, -0.05) is 81.2 Å². The number of rotatable bonds is 10. The molecule has 29 heavy (non-hydrogen) atoms. The summed E-state index contributed by atoms with van der Waals surface area (Å²) in [6.45, 7) is 2.91. The molecule has 0 heterocycles. The summed E-state index contributed by atoms with van der Waals surface area (Å²) in [4.78, 5) is 0. The third-order valence-corrected chi connectivity index (χ3v) is 4.81. The van der Waals surface area contributed by atoms with Crippen LogP contribution < -0.4 is 5.32 Å². The number of halogens is 3. The van der Waals surface area contributed by atoms with Gasteiger partial charge in [-0.3, -0.25) is 0 Å². The van der Waals surface area contributed by atoms with Gasteiger partial charge in [-0.25, -0.2) is 0 Å². The van der Waals surface area contributed by atoms with E-state index in [-0.39, 0.29) is 12.1 Å². The predicted molar refractivity (Wildman–Crippen MR) is 113 cm³/mol. The Morgan fingerprint density at radius 1 is 0.828 bits per heavy atom. The summed E-state index contributed by atoms with van der Waals surface area (Å²) in [5, 5.41) is 3.09. The molecule has 0 aliphatic rings. The van der Waals surface area contributed by atoms with Crippen LogP contribution in [0.3, 0.4) is 0 Å². The van der Waals surface area contributed by atoms with Crippen LogP contribution in [0.4, 0.5) is 13.2 Å². The number of nitrogens with one attached hydrogen (secondary N) is 1. The number of alkyl halides is 3. The minimum atomic E-state index is -4.33. The maximum atomic E-state index is 13.0. The third kappa shape index (κ3) is 8.75. The molecular weight excluding hydrogens is 371 g/mol. The Kier molecular flexibility index (Phi) is 9.80. The molecule has 0 saturated heterocycles. The molecule has 0 unspecified atom stereocenters. The van der Waals surface area contributed by atoms with E-state index in [9.17, 15) is 13.2 Å². The van der Waals surface area contributed by atoms with E-state index in [1.807, 2.05) is 24.3 Å². The topological polar surface area (TPSA) is 12.0 Å². The largest absolute Gasteiger partial charge is 0.416 e. The second-order valence-corrected chi connectivity index (χ2v) is 7.27. The average molecular weight is 402 g/mol. The van der Waals surface area contributed by atoms with Crippen molar-refractivity contribution in [1.82, 2.24) is 5.32 Å². The Balaban J connectivity index is 1.74. The predicted octanol–water partition coefficient (Wildman–Crippen LogP) is 7.10. The maximum Gasteiger partial charge on any atom is 0.416 e. The molecule has 0 aliphatic heterocycles. The Morgan fingerprint density at radius 3 is 2.24 bits per heavy atom. The smallest absolute Gasteiger partial charge is 0.309 e. The molecule has 2 aromatic rings. The first-order valence-corrected chi connectivity index (χ1v) is 10.4. The fourth-order valence-corrected chi connectivity index (χ4v) is 3.16. The van der Waals surface area contributed by atoms with Crippen molar-refractivity contribution in [3.63, 3.8) is 0 Å². The first-order chi connectivity index (χ1) is 14.0. The van der Waals surface area contributed by atoms with Crippen molar-refractivity contribution in [3.8, 4) is 11.8 Å². The second kappa shape index (κ2) is 12.3. The van der Waals surface area contributed by atoms with Gasteiger partial charge in [-0.2, -0.15) is 13.2 Å². The van der Waals surface area contributed by atoms with Crippen molar-refractivity contribution >= 4 is 0 Å². The molecule has 0 aliphatic carbocycles. The van der Waals surface area contributed by atoms with E-state index >= 15 is 0 Å². The quantitative estimate of drug-likeness (QED) is 0.331. The molecule has 0 atom stereocenters. The molecule has 0 amide bonds. The summed E-state index contributed by atoms with van der Waals surface area (Å²) in [5.74, 6) is 6.41. The highest BCUT2D eigenvalue weighted by Crippen LogP contribution is 2.31. The fourth-order valence-electron chi connectivity index (χ4n) is 3.16. The summed E-state index contributed by atoms with van der Waals surface area (Å²) in [7, 11) is 0. The Bertz CT molecular complexity index is 782. The van der Waals surface area contributed by atoms with E-state index in [4.69, 9.17) is 0 Å². The van der Waals surface area contributed by atoms with Crippen LogP contribution in [0.1, 0.15) is 74.1 Å². The van der Waals surface area contributed by atoms with Crippen LogP contribution in [-0.2, 0) is 19.3 Å². The lowest BCUT2D eigenvalue weighted by Gasteiger charge is -2.13. The van der Waals surface area contributed by atoms with E-state index in [0.29, 0.717) is 6.54 Å². The van der Waals surface area contributed by atoms with Gasteiger partial charge < -0.3 is 5.32 Å². The molecule has 0 saturated carbocycles. The zero-order valence-electron chi connectivity index (χ0n) is 17.1. The average Bonchev–Trinajstić information content (AvgIpc) is 2.71. The van der Waals surface area contributed by atoms with Crippen LogP contribution in [0.15, 0.2) is 48.5 Å².